The molecule has 0 aliphatic rings. The van der Waals surface area contributed by atoms with Crippen LogP contribution in [0.5, 0.6) is 11.5 Å². The fraction of sp³-hybridized carbons (Fsp3) is 0.143. The monoisotopic (exact) mass is 246 g/mol. The number of rotatable bonds is 2. The van der Waals surface area contributed by atoms with Crippen LogP contribution in [0.4, 0.5) is 11.4 Å². The summed E-state index contributed by atoms with van der Waals surface area (Å²) in [5, 5.41) is 0. The molecule has 0 amide bonds. The Kier molecular flexibility index (Phi) is 5.38. The molecule has 18 heavy (non-hydrogen) atoms. The molecule has 0 unspecified atom stereocenters. The normalized spacial score (nSPS) is 9.00. The summed E-state index contributed by atoms with van der Waals surface area (Å²) in [6.45, 7) is 0. The molecule has 0 aliphatic heterocycles. The largest absolute Gasteiger partial charge is 0.497 e. The second kappa shape index (κ2) is 7.06. The van der Waals surface area contributed by atoms with Crippen molar-refractivity contribution in [1.29, 1.82) is 0 Å². The predicted octanol–water partition coefficient (Wildman–Crippen LogP) is 2.55. The highest BCUT2D eigenvalue weighted by atomic mass is 16.5. The number of hydrogen-bond donors (Lipinski definition) is 2. The van der Waals surface area contributed by atoms with Crippen molar-refractivity contribution in [3.63, 3.8) is 0 Å². The summed E-state index contributed by atoms with van der Waals surface area (Å²) in [6, 6.07) is 14.8. The first-order chi connectivity index (χ1) is 8.67. The van der Waals surface area contributed by atoms with Crippen LogP contribution in [0.2, 0.25) is 0 Å². The van der Waals surface area contributed by atoms with Crippen LogP contribution in [-0.4, -0.2) is 14.2 Å². The van der Waals surface area contributed by atoms with Gasteiger partial charge in [-0.25, -0.2) is 0 Å². The van der Waals surface area contributed by atoms with E-state index in [4.69, 9.17) is 20.9 Å². The van der Waals surface area contributed by atoms with Gasteiger partial charge >= 0.3 is 0 Å². The van der Waals surface area contributed by atoms with Crippen molar-refractivity contribution in [2.24, 2.45) is 0 Å². The lowest BCUT2D eigenvalue weighted by molar-refractivity contribution is 0.405. The lowest BCUT2D eigenvalue weighted by Crippen LogP contribution is -1.92. The smallest absolute Gasteiger partial charge is 0.142 e. The average Bonchev–Trinajstić information content (AvgIpc) is 2.40. The second-order valence-corrected chi connectivity index (χ2v) is 3.52. The average molecular weight is 246 g/mol. The molecule has 0 saturated heterocycles. The van der Waals surface area contributed by atoms with Crippen molar-refractivity contribution in [3.8, 4) is 11.5 Å². The van der Waals surface area contributed by atoms with Crippen molar-refractivity contribution in [3.05, 3.63) is 48.5 Å². The lowest BCUT2D eigenvalue weighted by atomic mass is 10.3. The van der Waals surface area contributed by atoms with E-state index in [1.807, 2.05) is 30.3 Å². The van der Waals surface area contributed by atoms with Gasteiger partial charge in [-0.05, 0) is 24.3 Å². The Hall–Kier alpha value is -2.36. The standard InChI is InChI=1S/C8H11NO2.C6H7N/c1-10-6-3-4-8(11-2)7(9)5-6;7-6-4-2-1-3-5-6/h3-5H,9H2,1-2H3;1-5H,7H2. The van der Waals surface area contributed by atoms with E-state index in [2.05, 4.69) is 0 Å². The molecule has 96 valence electrons. The number of ether oxygens (including phenoxy) is 2. The number of nitrogen functional groups attached to an aromatic ring is 2. The highest BCUT2D eigenvalue weighted by Crippen LogP contribution is 2.25. The molecule has 0 atom stereocenters. The van der Waals surface area contributed by atoms with Crippen LogP contribution in [0.15, 0.2) is 48.5 Å². The van der Waals surface area contributed by atoms with Crippen LogP contribution in [-0.2, 0) is 0 Å². The van der Waals surface area contributed by atoms with Gasteiger partial charge in [0.05, 0.1) is 19.9 Å². The van der Waals surface area contributed by atoms with E-state index in [0.717, 1.165) is 11.4 Å². The minimum absolute atomic E-state index is 0.590. The Morgan fingerprint density at radius 3 is 1.89 bits per heavy atom. The van der Waals surface area contributed by atoms with Gasteiger partial charge in [-0.15, -0.1) is 0 Å². The molecule has 0 aromatic heterocycles. The Morgan fingerprint density at radius 2 is 1.50 bits per heavy atom. The van der Waals surface area contributed by atoms with Crippen molar-refractivity contribution in [2.45, 2.75) is 0 Å². The Morgan fingerprint density at radius 1 is 0.833 bits per heavy atom. The van der Waals surface area contributed by atoms with Crippen LogP contribution < -0.4 is 20.9 Å². The van der Waals surface area contributed by atoms with E-state index >= 15 is 0 Å². The first-order valence-electron chi connectivity index (χ1n) is 5.45. The zero-order chi connectivity index (χ0) is 13.4. The van der Waals surface area contributed by atoms with Gasteiger partial charge in [-0.1, -0.05) is 18.2 Å². The van der Waals surface area contributed by atoms with Crippen LogP contribution in [0.1, 0.15) is 0 Å². The number of hydrogen-bond acceptors (Lipinski definition) is 4. The Balaban J connectivity index is 0.000000199. The molecule has 0 heterocycles. The van der Waals surface area contributed by atoms with Crippen molar-refractivity contribution >= 4 is 11.4 Å². The zero-order valence-electron chi connectivity index (χ0n) is 10.6. The maximum Gasteiger partial charge on any atom is 0.142 e. The number of para-hydroxylation sites is 1. The summed E-state index contributed by atoms with van der Waals surface area (Å²) in [6.07, 6.45) is 0. The van der Waals surface area contributed by atoms with Gasteiger partial charge in [0.15, 0.2) is 0 Å². The summed E-state index contributed by atoms with van der Waals surface area (Å²) in [4.78, 5) is 0. The molecule has 2 rings (SSSR count). The van der Waals surface area contributed by atoms with E-state index < -0.39 is 0 Å². The van der Waals surface area contributed by atoms with Crippen molar-refractivity contribution in [2.75, 3.05) is 25.7 Å². The molecular weight excluding hydrogens is 228 g/mol. The molecule has 0 radical (unpaired) electrons. The molecule has 2 aromatic carbocycles. The number of methoxy groups -OCH3 is 2. The van der Waals surface area contributed by atoms with E-state index in [0.29, 0.717) is 11.4 Å². The lowest BCUT2D eigenvalue weighted by Gasteiger charge is -2.05. The van der Waals surface area contributed by atoms with Crippen LogP contribution >= 0.6 is 0 Å². The Labute approximate surface area is 107 Å². The molecule has 4 heteroatoms. The van der Waals surface area contributed by atoms with Gasteiger partial charge in [0.1, 0.15) is 11.5 Å². The minimum Gasteiger partial charge on any atom is -0.497 e. The molecule has 0 saturated carbocycles. The highest BCUT2D eigenvalue weighted by molar-refractivity contribution is 5.55. The SMILES string of the molecule is COc1ccc(OC)c(N)c1.Nc1ccccc1. The first kappa shape index (κ1) is 13.7. The summed E-state index contributed by atoms with van der Waals surface area (Å²) < 4.78 is 9.92. The Bertz CT molecular complexity index is 472. The van der Waals surface area contributed by atoms with Crippen molar-refractivity contribution in [1.82, 2.24) is 0 Å². The minimum atomic E-state index is 0.590. The van der Waals surface area contributed by atoms with Crippen molar-refractivity contribution < 1.29 is 9.47 Å². The zero-order valence-corrected chi connectivity index (χ0v) is 10.6. The van der Waals surface area contributed by atoms with Gasteiger partial charge in [-0.2, -0.15) is 0 Å². The van der Waals surface area contributed by atoms with E-state index in [1.54, 1.807) is 32.4 Å². The molecule has 4 N–H and O–H groups in total. The van der Waals surface area contributed by atoms with Crippen LogP contribution in [0.3, 0.4) is 0 Å². The summed E-state index contributed by atoms with van der Waals surface area (Å²) >= 11 is 0. The maximum atomic E-state index is 5.60. The third-order valence-electron chi connectivity index (χ3n) is 2.24. The molecule has 0 aliphatic carbocycles. The number of benzene rings is 2. The maximum absolute atomic E-state index is 5.60. The molecule has 4 nitrogen and oxygen atoms in total. The van der Waals surface area contributed by atoms with E-state index in [-0.39, 0.29) is 0 Å². The predicted molar refractivity (Wildman–Crippen MR) is 74.8 cm³/mol. The fourth-order valence-corrected chi connectivity index (χ4v) is 1.29. The third-order valence-corrected chi connectivity index (χ3v) is 2.24. The van der Waals surface area contributed by atoms with Crippen LogP contribution in [0, 0.1) is 0 Å². The van der Waals surface area contributed by atoms with Gasteiger partial charge in [0.2, 0.25) is 0 Å². The second-order valence-electron chi connectivity index (χ2n) is 3.52. The molecule has 2 aromatic rings. The van der Waals surface area contributed by atoms with Gasteiger partial charge in [0.25, 0.3) is 0 Å². The molecule has 0 fully saturated rings. The molecule has 0 spiro atoms. The third kappa shape index (κ3) is 4.25. The summed E-state index contributed by atoms with van der Waals surface area (Å²) in [5.41, 5.74) is 12.4. The molecular formula is C14H18N2O2. The summed E-state index contributed by atoms with van der Waals surface area (Å²) in [7, 11) is 3.18. The topological polar surface area (TPSA) is 70.5 Å². The number of anilines is 2. The fourth-order valence-electron chi connectivity index (χ4n) is 1.29. The quantitative estimate of drug-likeness (QED) is 0.799. The highest BCUT2D eigenvalue weighted by Gasteiger charge is 1.98. The van der Waals surface area contributed by atoms with Gasteiger partial charge < -0.3 is 20.9 Å². The first-order valence-corrected chi connectivity index (χ1v) is 5.45. The van der Waals surface area contributed by atoms with E-state index in [9.17, 15) is 0 Å². The number of nitrogens with two attached hydrogens (primary N) is 2. The van der Waals surface area contributed by atoms with Gasteiger partial charge in [-0.3, -0.25) is 0 Å². The summed E-state index contributed by atoms with van der Waals surface area (Å²) in [5.74, 6) is 1.41. The van der Waals surface area contributed by atoms with E-state index in [1.165, 1.54) is 0 Å². The molecule has 0 bridgehead atoms. The van der Waals surface area contributed by atoms with Gasteiger partial charge in [0, 0.05) is 11.8 Å². The van der Waals surface area contributed by atoms with Crippen LogP contribution in [0.25, 0.3) is 0 Å².